The van der Waals surface area contributed by atoms with Crippen LogP contribution in [0.4, 0.5) is 0 Å². The number of piperazine rings is 1. The highest BCUT2D eigenvalue weighted by Crippen LogP contribution is 2.39. The van der Waals surface area contributed by atoms with E-state index < -0.39 is 0 Å². The van der Waals surface area contributed by atoms with Gasteiger partial charge in [-0.1, -0.05) is 23.7 Å². The largest absolute Gasteiger partial charge is 0.383 e. The van der Waals surface area contributed by atoms with E-state index in [1.165, 1.54) is 35.5 Å². The number of fused-ring (bicyclic) bond motifs is 1. The lowest BCUT2D eigenvalue weighted by atomic mass is 10.1. The number of halogens is 1. The lowest BCUT2D eigenvalue weighted by Gasteiger charge is -2.35. The molecule has 1 saturated carbocycles. The molecule has 1 aromatic carbocycles. The average molecular weight is 372 g/mol. The van der Waals surface area contributed by atoms with Crippen molar-refractivity contribution in [1.29, 1.82) is 0 Å². The van der Waals surface area contributed by atoms with Crippen molar-refractivity contribution < 1.29 is 0 Å². The van der Waals surface area contributed by atoms with Crippen LogP contribution < -0.4 is 16.0 Å². The zero-order valence-corrected chi connectivity index (χ0v) is 15.7. The van der Waals surface area contributed by atoms with Gasteiger partial charge in [0.15, 0.2) is 0 Å². The van der Waals surface area contributed by atoms with Crippen molar-refractivity contribution in [2.75, 3.05) is 39.3 Å². The van der Waals surface area contributed by atoms with Crippen molar-refractivity contribution in [3.63, 3.8) is 0 Å². The summed E-state index contributed by atoms with van der Waals surface area (Å²) in [7, 11) is 0. The van der Waals surface area contributed by atoms with Crippen LogP contribution in [-0.4, -0.2) is 55.2 Å². The average Bonchev–Trinajstić information content (AvgIpc) is 3.47. The molecule has 1 aliphatic carbocycles. The van der Waals surface area contributed by atoms with E-state index in [4.69, 9.17) is 11.6 Å². The molecule has 26 heavy (non-hydrogen) atoms. The maximum Gasteiger partial charge on any atom is 0.121 e. The lowest BCUT2D eigenvalue weighted by Crippen LogP contribution is -2.49. The Labute approximate surface area is 160 Å². The highest BCUT2D eigenvalue weighted by atomic mass is 35.5. The van der Waals surface area contributed by atoms with Crippen molar-refractivity contribution >= 4 is 17.3 Å². The van der Waals surface area contributed by atoms with E-state index >= 15 is 0 Å². The van der Waals surface area contributed by atoms with Crippen LogP contribution in [0.2, 0.25) is 5.02 Å². The summed E-state index contributed by atoms with van der Waals surface area (Å²) in [6.45, 7) is 6.29. The fourth-order valence-corrected chi connectivity index (χ4v) is 4.24. The number of hydrogen-bond acceptors (Lipinski definition) is 5. The number of nitrogens with zero attached hydrogens (tertiary/aromatic N) is 2. The second kappa shape index (κ2) is 6.80. The van der Waals surface area contributed by atoms with Gasteiger partial charge in [0.25, 0.3) is 0 Å². The molecule has 3 heterocycles. The van der Waals surface area contributed by atoms with Crippen LogP contribution in [0.1, 0.15) is 18.4 Å². The van der Waals surface area contributed by atoms with E-state index in [1.807, 2.05) is 12.1 Å². The molecule has 1 saturated heterocycles. The van der Waals surface area contributed by atoms with Gasteiger partial charge < -0.3 is 20.9 Å². The number of hydrogen-bond donors (Lipinski definition) is 3. The van der Waals surface area contributed by atoms with Gasteiger partial charge in [0, 0.05) is 55.6 Å². The first kappa shape index (κ1) is 16.5. The van der Waals surface area contributed by atoms with Gasteiger partial charge in [-0.25, -0.2) is 0 Å². The minimum absolute atomic E-state index is 0.293. The van der Waals surface area contributed by atoms with E-state index in [9.17, 15) is 0 Å². The molecule has 1 unspecified atom stereocenters. The van der Waals surface area contributed by atoms with Crippen molar-refractivity contribution in [2.24, 2.45) is 5.92 Å². The van der Waals surface area contributed by atoms with Crippen molar-refractivity contribution in [2.45, 2.75) is 19.0 Å². The first-order valence-corrected chi connectivity index (χ1v) is 10.1. The van der Waals surface area contributed by atoms with Gasteiger partial charge in [-0.3, -0.25) is 4.90 Å². The Bertz CT molecular complexity index is 731. The van der Waals surface area contributed by atoms with Crippen LogP contribution in [0.5, 0.6) is 0 Å². The van der Waals surface area contributed by atoms with E-state index in [0.717, 1.165) is 50.2 Å². The molecule has 0 bridgehead atoms. The second-order valence-electron chi connectivity index (χ2n) is 7.66. The number of nitrogens with one attached hydrogen (secondary N) is 3. The summed E-state index contributed by atoms with van der Waals surface area (Å²) in [5, 5.41) is 11.6. The van der Waals surface area contributed by atoms with Crippen molar-refractivity contribution in [3.05, 3.63) is 52.4 Å². The predicted molar refractivity (Wildman–Crippen MR) is 105 cm³/mol. The third kappa shape index (κ3) is 3.20. The van der Waals surface area contributed by atoms with Crippen LogP contribution in [0, 0.1) is 5.92 Å². The van der Waals surface area contributed by atoms with E-state index in [2.05, 4.69) is 44.1 Å². The van der Waals surface area contributed by atoms with Gasteiger partial charge in [-0.15, -0.1) is 0 Å². The van der Waals surface area contributed by atoms with Gasteiger partial charge in [0.1, 0.15) is 6.17 Å². The van der Waals surface area contributed by atoms with Gasteiger partial charge in [0.2, 0.25) is 0 Å². The monoisotopic (exact) mass is 371 g/mol. The maximum absolute atomic E-state index is 6.11. The number of benzene rings is 1. The molecule has 5 rings (SSSR count). The number of rotatable bonds is 4. The molecular formula is C20H26ClN5. The fraction of sp³-hybridized carbons (Fsp3) is 0.500. The predicted octanol–water partition coefficient (Wildman–Crippen LogP) is 2.00. The Balaban J connectivity index is 1.49. The fourth-order valence-electron chi connectivity index (χ4n) is 4.12. The Morgan fingerprint density at radius 2 is 1.85 bits per heavy atom. The third-order valence-electron chi connectivity index (χ3n) is 5.76. The van der Waals surface area contributed by atoms with Crippen LogP contribution >= 0.6 is 11.6 Å². The molecule has 138 valence electrons. The van der Waals surface area contributed by atoms with Gasteiger partial charge in [-0.05, 0) is 30.5 Å². The summed E-state index contributed by atoms with van der Waals surface area (Å²) in [6, 6.07) is 8.21. The topological polar surface area (TPSA) is 42.6 Å². The van der Waals surface area contributed by atoms with E-state index in [1.54, 1.807) is 0 Å². The number of allylic oxidation sites excluding steroid dienone is 1. The minimum Gasteiger partial charge on any atom is -0.383 e. The molecule has 5 nitrogen and oxygen atoms in total. The summed E-state index contributed by atoms with van der Waals surface area (Å²) in [6.07, 6.45) is 5.30. The molecule has 6 heteroatoms. The van der Waals surface area contributed by atoms with E-state index in [0.29, 0.717) is 6.17 Å². The lowest BCUT2D eigenvalue weighted by molar-refractivity contribution is 0.227. The summed E-state index contributed by atoms with van der Waals surface area (Å²) < 4.78 is 0. The van der Waals surface area contributed by atoms with Crippen LogP contribution in [0.25, 0.3) is 5.70 Å². The summed E-state index contributed by atoms with van der Waals surface area (Å²) >= 11 is 6.11. The first-order chi connectivity index (χ1) is 12.8. The first-order valence-electron chi connectivity index (χ1n) is 9.70. The molecule has 0 radical (unpaired) electrons. The Kier molecular flexibility index (Phi) is 4.31. The maximum atomic E-state index is 6.11. The SMILES string of the molecule is Clc1ccc(C2=C(CN3CCNCC3)N3C=C(C4CC4)NCC3N2)cc1. The zero-order valence-electron chi connectivity index (χ0n) is 15.0. The van der Waals surface area contributed by atoms with Crippen molar-refractivity contribution in [3.8, 4) is 0 Å². The Morgan fingerprint density at radius 3 is 2.58 bits per heavy atom. The molecule has 2 fully saturated rings. The summed E-state index contributed by atoms with van der Waals surface area (Å²) in [5.41, 5.74) is 5.27. The molecule has 1 atom stereocenters. The molecule has 3 N–H and O–H groups in total. The van der Waals surface area contributed by atoms with Gasteiger partial charge in [-0.2, -0.15) is 0 Å². The molecule has 4 aliphatic rings. The quantitative estimate of drug-likeness (QED) is 0.755. The Morgan fingerprint density at radius 1 is 1.08 bits per heavy atom. The third-order valence-corrected chi connectivity index (χ3v) is 6.01. The molecular weight excluding hydrogens is 346 g/mol. The van der Waals surface area contributed by atoms with Crippen LogP contribution in [0.15, 0.2) is 41.9 Å². The summed E-state index contributed by atoms with van der Waals surface area (Å²) in [5.74, 6) is 0.746. The minimum atomic E-state index is 0.293. The standard InChI is InChI=1S/C20H26ClN5/c21-16-5-3-15(4-6-16)20-18(13-25-9-7-22-8-10-25)26-12-17(14-1-2-14)23-11-19(26)24-20/h3-6,12,14,19,22-24H,1-2,7-11,13H2. The molecule has 0 aromatic heterocycles. The highest BCUT2D eigenvalue weighted by molar-refractivity contribution is 6.30. The van der Waals surface area contributed by atoms with Gasteiger partial charge >= 0.3 is 0 Å². The van der Waals surface area contributed by atoms with Gasteiger partial charge in [0.05, 0.1) is 17.9 Å². The highest BCUT2D eigenvalue weighted by Gasteiger charge is 2.37. The molecule has 1 aromatic rings. The molecule has 0 spiro atoms. The zero-order chi connectivity index (χ0) is 17.5. The van der Waals surface area contributed by atoms with Crippen LogP contribution in [-0.2, 0) is 0 Å². The smallest absolute Gasteiger partial charge is 0.121 e. The molecule has 0 amide bonds. The van der Waals surface area contributed by atoms with Crippen LogP contribution in [0.3, 0.4) is 0 Å². The van der Waals surface area contributed by atoms with Crippen molar-refractivity contribution in [1.82, 2.24) is 25.8 Å². The Hall–Kier alpha value is -1.69. The molecule has 3 aliphatic heterocycles. The summed E-state index contributed by atoms with van der Waals surface area (Å²) in [4.78, 5) is 5.04. The second-order valence-corrected chi connectivity index (χ2v) is 8.10. The normalized spacial score (nSPS) is 26.3. The van der Waals surface area contributed by atoms with E-state index in [-0.39, 0.29) is 0 Å².